The van der Waals surface area contributed by atoms with Crippen LogP contribution in [0.4, 0.5) is 0 Å². The van der Waals surface area contributed by atoms with Crippen molar-refractivity contribution in [2.24, 2.45) is 0 Å². The predicted octanol–water partition coefficient (Wildman–Crippen LogP) is 6.17. The normalized spacial score (nSPS) is 11.0. The Bertz CT molecular complexity index is 159. The summed E-state index contributed by atoms with van der Waals surface area (Å²) in [4.78, 5) is 0. The second-order valence-corrected chi connectivity index (χ2v) is 6.88. The van der Waals surface area contributed by atoms with Gasteiger partial charge < -0.3 is 0 Å². The molecule has 0 aromatic heterocycles. The van der Waals surface area contributed by atoms with Crippen LogP contribution < -0.4 is 0 Å². The van der Waals surface area contributed by atoms with Crippen LogP contribution in [0.5, 0.6) is 0 Å². The number of rotatable bonds is 18. The fourth-order valence-corrected chi connectivity index (χ4v) is 3.08. The van der Waals surface area contributed by atoms with Gasteiger partial charge in [-0.25, -0.2) is 0 Å². The Morgan fingerprint density at radius 1 is 0.571 bits per heavy atom. The summed E-state index contributed by atoms with van der Waals surface area (Å²) in [5, 5.41) is 0. The van der Waals surface area contributed by atoms with Crippen molar-refractivity contribution in [1.29, 1.82) is 0 Å². The van der Waals surface area contributed by atoms with Crippen LogP contribution in [0.3, 0.4) is 0 Å². The van der Waals surface area contributed by atoms with Gasteiger partial charge in [0, 0.05) is 0 Å². The fraction of sp³-hybridized carbons (Fsp3) is 1.00. The van der Waals surface area contributed by atoms with Crippen LogP contribution in [-0.4, -0.2) is 10.6 Å². The van der Waals surface area contributed by atoms with Crippen molar-refractivity contribution >= 4 is 0 Å². The van der Waals surface area contributed by atoms with E-state index in [9.17, 15) is 0 Å². The summed E-state index contributed by atoms with van der Waals surface area (Å²) in [6.45, 7) is 3.04. The Balaban J connectivity index is 2.90. The maximum absolute atomic E-state index is 8.56. The van der Waals surface area contributed by atoms with Crippen molar-refractivity contribution in [2.45, 2.75) is 110 Å². The zero-order valence-corrected chi connectivity index (χ0v) is 15.7. The molecule has 0 rings (SSSR count). The van der Waals surface area contributed by atoms with E-state index in [2.05, 4.69) is 6.92 Å². The van der Waals surface area contributed by atoms with Gasteiger partial charge in [-0.2, -0.15) is 0 Å². The van der Waals surface area contributed by atoms with Crippen molar-refractivity contribution < 1.29 is 24.7 Å². The van der Waals surface area contributed by atoms with E-state index in [1.807, 2.05) is 0 Å². The van der Waals surface area contributed by atoms with Gasteiger partial charge in [-0.15, -0.1) is 0 Å². The number of hydrogen-bond acceptors (Lipinski definition) is 2. The summed E-state index contributed by atoms with van der Waals surface area (Å²) in [6, 6.07) is 0. The second kappa shape index (κ2) is 20.5. The van der Waals surface area contributed by atoms with E-state index in [-0.39, 0.29) is 0 Å². The molecule has 0 saturated carbocycles. The minimum absolute atomic E-state index is 0.759. The summed E-state index contributed by atoms with van der Waals surface area (Å²) in [5.41, 5.74) is 0. The summed E-state index contributed by atoms with van der Waals surface area (Å²) in [6.07, 6.45) is 22.3. The van der Waals surface area contributed by atoms with E-state index in [0.717, 1.165) is 13.0 Å². The average molecular weight is 337 g/mol. The van der Waals surface area contributed by atoms with Crippen molar-refractivity contribution in [3.63, 3.8) is 0 Å². The summed E-state index contributed by atoms with van der Waals surface area (Å²) in [7, 11) is 0. The van der Waals surface area contributed by atoms with Crippen molar-refractivity contribution in [2.75, 3.05) is 6.61 Å². The van der Waals surface area contributed by atoms with Crippen LogP contribution in [0.2, 0.25) is 0 Å². The van der Waals surface area contributed by atoms with E-state index in [0.29, 0.717) is 0 Å². The van der Waals surface area contributed by atoms with Crippen LogP contribution in [0.25, 0.3) is 0 Å². The molecule has 0 amide bonds. The van der Waals surface area contributed by atoms with Crippen LogP contribution in [0.15, 0.2) is 0 Å². The Morgan fingerprint density at radius 2 is 0.905 bits per heavy atom. The molecule has 1 N–H and O–H groups in total. The first kappa shape index (κ1) is 21.5. The van der Waals surface area contributed by atoms with E-state index in [1.165, 1.54) is 96.3 Å². The van der Waals surface area contributed by atoms with Crippen molar-refractivity contribution in [3.05, 3.63) is 0 Å². The van der Waals surface area contributed by atoms with Gasteiger partial charge in [0.05, 0.1) is 0 Å². The monoisotopic (exact) mass is 337 g/mol. The Hall–Kier alpha value is 0.504. The molecule has 0 aromatic rings. The summed E-state index contributed by atoms with van der Waals surface area (Å²) >= 11 is -0.819. The molecule has 0 aliphatic rings. The van der Waals surface area contributed by atoms with Crippen molar-refractivity contribution in [3.8, 4) is 0 Å². The molecule has 0 aliphatic carbocycles. The van der Waals surface area contributed by atoms with E-state index < -0.39 is 17.0 Å². The van der Waals surface area contributed by atoms with Crippen LogP contribution >= 0.6 is 0 Å². The number of unbranched alkanes of at least 4 members (excludes halogenated alkanes) is 15. The van der Waals surface area contributed by atoms with Gasteiger partial charge in [0.2, 0.25) is 0 Å². The molecular weight excluding hydrogens is 299 g/mol. The molecule has 0 aromatic carbocycles. The quantitative estimate of drug-likeness (QED) is 0.303. The maximum atomic E-state index is 8.56. The molecular formula is C18H38O2V. The first-order valence-electron chi connectivity index (χ1n) is 9.38. The molecule has 0 fully saturated rings. The molecule has 2 nitrogen and oxygen atoms in total. The van der Waals surface area contributed by atoms with Gasteiger partial charge in [0.25, 0.3) is 0 Å². The van der Waals surface area contributed by atoms with Gasteiger partial charge >= 0.3 is 95.5 Å². The molecule has 0 saturated heterocycles. The molecule has 127 valence electrons. The minimum atomic E-state index is -0.819. The fourth-order valence-electron chi connectivity index (χ4n) is 2.76. The third-order valence-electron chi connectivity index (χ3n) is 4.15. The summed E-state index contributed by atoms with van der Waals surface area (Å²) in [5.74, 6) is 0. The van der Waals surface area contributed by atoms with Crippen LogP contribution in [0.1, 0.15) is 110 Å². The first-order chi connectivity index (χ1) is 10.4. The first-order valence-corrected chi connectivity index (χ1v) is 10.6. The van der Waals surface area contributed by atoms with Gasteiger partial charge in [-0.3, -0.25) is 0 Å². The van der Waals surface area contributed by atoms with E-state index in [4.69, 9.17) is 7.69 Å². The zero-order valence-electron chi connectivity index (χ0n) is 14.3. The molecule has 0 spiro atoms. The third kappa shape index (κ3) is 20.5. The molecule has 21 heavy (non-hydrogen) atoms. The number of hydrogen-bond donors (Lipinski definition) is 1. The van der Waals surface area contributed by atoms with E-state index >= 15 is 0 Å². The Labute approximate surface area is 141 Å². The average Bonchev–Trinajstić information content (AvgIpc) is 2.50. The second-order valence-electron chi connectivity index (χ2n) is 6.22. The van der Waals surface area contributed by atoms with Crippen LogP contribution in [0, 0.1) is 0 Å². The molecule has 0 atom stereocenters. The molecule has 3 heteroatoms. The standard InChI is InChI=1S/C18H37O.H2O.V/c1-2-3-4-5-6-7-8-9-10-11-12-13-14-15-16-17-18-19;;/h2-18H2,1H3;1H2;/q-1;;+2/p-1. The van der Waals surface area contributed by atoms with Gasteiger partial charge in [0.15, 0.2) is 0 Å². The third-order valence-corrected chi connectivity index (χ3v) is 4.61. The SMILES string of the molecule is CCCCCCCCCCCCCCCCCC[O][V][OH]. The Kier molecular flexibility index (Phi) is 21.0. The molecule has 0 radical (unpaired) electrons. The van der Waals surface area contributed by atoms with Crippen molar-refractivity contribution in [1.82, 2.24) is 0 Å². The molecule has 0 heterocycles. The predicted molar refractivity (Wildman–Crippen MR) is 87.7 cm³/mol. The topological polar surface area (TPSA) is 29.5 Å². The van der Waals surface area contributed by atoms with Crippen LogP contribution in [-0.2, 0) is 20.7 Å². The van der Waals surface area contributed by atoms with Gasteiger partial charge in [-0.05, 0) is 0 Å². The zero-order chi connectivity index (χ0) is 15.4. The molecule has 0 bridgehead atoms. The Morgan fingerprint density at radius 3 is 1.24 bits per heavy atom. The molecule has 0 unspecified atom stereocenters. The van der Waals surface area contributed by atoms with Gasteiger partial charge in [0.1, 0.15) is 0 Å². The molecule has 0 aliphatic heterocycles. The van der Waals surface area contributed by atoms with Gasteiger partial charge in [-0.1, -0.05) is 45.4 Å². The summed E-state index contributed by atoms with van der Waals surface area (Å²) < 4.78 is 13.6. The van der Waals surface area contributed by atoms with E-state index in [1.54, 1.807) is 0 Å².